The number of pyridine rings is 1. The molecule has 4 heterocycles. The number of nitrogens with zero attached hydrogens (tertiary/aromatic N) is 5. The Morgan fingerprint density at radius 3 is 2.51 bits per heavy atom. The van der Waals surface area contributed by atoms with Crippen LogP contribution in [-0.4, -0.2) is 58.2 Å². The van der Waals surface area contributed by atoms with Gasteiger partial charge in [-0.05, 0) is 24.3 Å². The van der Waals surface area contributed by atoms with E-state index >= 15 is 0 Å². The van der Waals surface area contributed by atoms with Crippen LogP contribution >= 0.6 is 11.3 Å². The van der Waals surface area contributed by atoms with Crippen LogP contribution in [0, 0.1) is 16.7 Å². The van der Waals surface area contributed by atoms with E-state index in [0.717, 1.165) is 28.0 Å². The fraction of sp³-hybridized carbons (Fsp3) is 0.267. The minimum Gasteiger partial charge on any atom is -0.438 e. The van der Waals surface area contributed by atoms with Gasteiger partial charge < -0.3 is 19.7 Å². The number of rotatable bonds is 5. The lowest BCUT2D eigenvalue weighted by molar-refractivity contribution is -0.124. The molecule has 2 amide bonds. The first kappa shape index (κ1) is 26.6. The second-order valence-electron chi connectivity index (χ2n) is 10.3. The largest absolute Gasteiger partial charge is 0.438 e. The van der Waals surface area contributed by atoms with Crippen molar-refractivity contribution in [2.24, 2.45) is 5.41 Å². The summed E-state index contributed by atoms with van der Waals surface area (Å²) in [6.45, 7) is 6.00. The minimum absolute atomic E-state index is 0.0149. The molecular weight excluding hydrogens is 540 g/mol. The smallest absolute Gasteiger partial charge is 0.254 e. The first-order valence-electron chi connectivity index (χ1n) is 13.2. The third kappa shape index (κ3) is 5.03. The molecule has 0 bridgehead atoms. The van der Waals surface area contributed by atoms with Crippen molar-refractivity contribution >= 4 is 28.3 Å². The van der Waals surface area contributed by atoms with Crippen LogP contribution in [0.15, 0.2) is 60.7 Å². The lowest BCUT2D eigenvalue weighted by atomic mass is 9.69. The molecule has 0 aliphatic carbocycles. The van der Waals surface area contributed by atoms with Crippen LogP contribution in [0.25, 0.3) is 11.3 Å². The Kier molecular flexibility index (Phi) is 6.95. The number of hydrogen-bond acceptors (Lipinski definition) is 9. The van der Waals surface area contributed by atoms with E-state index in [1.165, 1.54) is 0 Å². The van der Waals surface area contributed by atoms with Gasteiger partial charge in [-0.3, -0.25) is 9.59 Å². The van der Waals surface area contributed by atoms with Crippen molar-refractivity contribution in [2.45, 2.75) is 19.8 Å². The maximum atomic E-state index is 13.6. The fourth-order valence-electron chi connectivity index (χ4n) is 5.22. The van der Waals surface area contributed by atoms with Crippen molar-refractivity contribution in [2.75, 3.05) is 31.6 Å². The third-order valence-electron chi connectivity index (χ3n) is 7.41. The third-order valence-corrected chi connectivity index (χ3v) is 8.15. The van der Waals surface area contributed by atoms with Gasteiger partial charge in [-0.25, -0.2) is 4.98 Å². The highest BCUT2D eigenvalue weighted by atomic mass is 32.1. The van der Waals surface area contributed by atoms with E-state index in [1.807, 2.05) is 80.6 Å². The summed E-state index contributed by atoms with van der Waals surface area (Å²) in [5.41, 5.74) is 2.85. The molecule has 2 aliphatic rings. The van der Waals surface area contributed by atoms with Crippen molar-refractivity contribution in [1.29, 1.82) is 5.26 Å². The number of nitriles is 1. The lowest BCUT2D eigenvalue weighted by Gasteiger charge is -2.37. The molecule has 0 saturated carbocycles. The average molecular weight is 567 g/mol. The Bertz CT molecular complexity index is 1670. The molecule has 11 heteroatoms. The topological polar surface area (TPSA) is 130 Å². The Labute approximate surface area is 240 Å². The molecule has 0 spiro atoms. The van der Waals surface area contributed by atoms with Gasteiger partial charge in [0.15, 0.2) is 0 Å². The first-order chi connectivity index (χ1) is 19.8. The Hall–Kier alpha value is -4.66. The maximum Gasteiger partial charge on any atom is 0.254 e. The number of ether oxygens (including phenoxy) is 2. The molecule has 4 aromatic rings. The summed E-state index contributed by atoms with van der Waals surface area (Å²) in [7, 11) is 0. The van der Waals surface area contributed by atoms with E-state index in [1.54, 1.807) is 4.90 Å². The van der Waals surface area contributed by atoms with Crippen LogP contribution in [0.5, 0.6) is 11.6 Å². The number of para-hydroxylation sites is 1. The molecule has 1 N–H and O–H groups in total. The Morgan fingerprint density at radius 2 is 1.78 bits per heavy atom. The monoisotopic (exact) mass is 566 g/mol. The van der Waals surface area contributed by atoms with Gasteiger partial charge in [-0.2, -0.15) is 5.26 Å². The van der Waals surface area contributed by atoms with Crippen LogP contribution in [0.2, 0.25) is 0 Å². The van der Waals surface area contributed by atoms with Crippen molar-refractivity contribution in [3.63, 3.8) is 0 Å². The molecule has 41 heavy (non-hydrogen) atoms. The molecule has 2 aromatic heterocycles. The number of morpholine rings is 1. The van der Waals surface area contributed by atoms with Crippen molar-refractivity contribution in [3.05, 3.63) is 82.4 Å². The number of carbonyl (C=O) groups excluding carboxylic acids is 2. The maximum absolute atomic E-state index is 13.6. The zero-order valence-electron chi connectivity index (χ0n) is 22.5. The standard InChI is InChI=1S/C30H26N6O4S/c1-30(2,28(38)33-29-35-34-24(17-31)41-29)25-20-5-3-4-6-23(20)40-26-21(25)11-12-22(32-26)18-7-9-19(10-8-18)27(37)36-13-15-39-16-14-36/h3-12,25H,13-16H2,1-2H3,(H,33,35,38). The van der Waals surface area contributed by atoms with Crippen LogP contribution in [0.3, 0.4) is 0 Å². The summed E-state index contributed by atoms with van der Waals surface area (Å²) in [6, 6.07) is 20.8. The predicted octanol–water partition coefficient (Wildman–Crippen LogP) is 4.85. The van der Waals surface area contributed by atoms with Gasteiger partial charge in [0.2, 0.25) is 21.9 Å². The molecule has 1 saturated heterocycles. The molecule has 1 unspecified atom stereocenters. The van der Waals surface area contributed by atoms with Crippen LogP contribution in [-0.2, 0) is 9.53 Å². The van der Waals surface area contributed by atoms with E-state index in [9.17, 15) is 9.59 Å². The molecule has 2 aromatic carbocycles. The van der Waals surface area contributed by atoms with E-state index in [0.29, 0.717) is 49.2 Å². The van der Waals surface area contributed by atoms with Gasteiger partial charge in [0.25, 0.3) is 5.91 Å². The van der Waals surface area contributed by atoms with Gasteiger partial charge in [0, 0.05) is 41.3 Å². The number of aromatic nitrogens is 3. The van der Waals surface area contributed by atoms with Crippen LogP contribution < -0.4 is 10.1 Å². The summed E-state index contributed by atoms with van der Waals surface area (Å²) in [4.78, 5) is 33.1. The van der Waals surface area contributed by atoms with Crippen molar-refractivity contribution in [1.82, 2.24) is 20.1 Å². The second kappa shape index (κ2) is 10.7. The number of benzene rings is 2. The molecule has 1 fully saturated rings. The van der Waals surface area contributed by atoms with Gasteiger partial charge in [-0.1, -0.05) is 61.6 Å². The van der Waals surface area contributed by atoms with E-state index < -0.39 is 5.41 Å². The summed E-state index contributed by atoms with van der Waals surface area (Å²) in [6.07, 6.45) is 0. The number of hydrogen-bond donors (Lipinski definition) is 1. The number of nitrogens with one attached hydrogen (secondary N) is 1. The Morgan fingerprint density at radius 1 is 1.02 bits per heavy atom. The SMILES string of the molecule is CC(C)(C(=O)Nc1nnc(C#N)s1)C1c2ccccc2Oc2nc(-c3ccc(C(=O)N4CCOCC4)cc3)ccc21. The summed E-state index contributed by atoms with van der Waals surface area (Å²) < 4.78 is 11.6. The molecular formula is C30H26N6O4S. The Balaban J connectivity index is 1.30. The predicted molar refractivity (Wildman–Crippen MR) is 152 cm³/mol. The van der Waals surface area contributed by atoms with Gasteiger partial charge in [-0.15, -0.1) is 10.2 Å². The highest BCUT2D eigenvalue weighted by molar-refractivity contribution is 7.15. The fourth-order valence-corrected chi connectivity index (χ4v) is 5.75. The van der Waals surface area contributed by atoms with E-state index in [-0.39, 0.29) is 27.9 Å². The minimum atomic E-state index is -0.947. The average Bonchev–Trinajstić information content (AvgIpc) is 3.47. The molecule has 6 rings (SSSR count). The summed E-state index contributed by atoms with van der Waals surface area (Å²) in [5, 5.41) is 20.0. The van der Waals surface area contributed by atoms with Gasteiger partial charge in [0.1, 0.15) is 11.8 Å². The van der Waals surface area contributed by atoms with E-state index in [2.05, 4.69) is 15.5 Å². The van der Waals surface area contributed by atoms with Crippen molar-refractivity contribution < 1.29 is 19.1 Å². The highest BCUT2D eigenvalue weighted by Crippen LogP contribution is 2.52. The van der Waals surface area contributed by atoms with Gasteiger partial charge in [0.05, 0.1) is 24.3 Å². The van der Waals surface area contributed by atoms with Gasteiger partial charge >= 0.3 is 0 Å². The first-order valence-corrected chi connectivity index (χ1v) is 14.0. The molecule has 2 aliphatic heterocycles. The molecule has 206 valence electrons. The molecule has 0 radical (unpaired) electrons. The quantitative estimate of drug-likeness (QED) is 0.363. The molecule has 1 atom stereocenters. The summed E-state index contributed by atoms with van der Waals surface area (Å²) in [5.74, 6) is 0.392. The second-order valence-corrected chi connectivity index (χ2v) is 11.3. The normalized spacial score (nSPS) is 16.1. The zero-order chi connectivity index (χ0) is 28.6. The van der Waals surface area contributed by atoms with E-state index in [4.69, 9.17) is 19.7 Å². The van der Waals surface area contributed by atoms with Crippen molar-refractivity contribution in [3.8, 4) is 29.0 Å². The number of carbonyl (C=O) groups is 2. The zero-order valence-corrected chi connectivity index (χ0v) is 23.3. The lowest BCUT2D eigenvalue weighted by Crippen LogP contribution is -2.40. The van der Waals surface area contributed by atoms with Crippen LogP contribution in [0.4, 0.5) is 5.13 Å². The van der Waals surface area contributed by atoms with Crippen LogP contribution in [0.1, 0.15) is 46.3 Å². The summed E-state index contributed by atoms with van der Waals surface area (Å²) >= 11 is 1.02. The number of fused-ring (bicyclic) bond motifs is 2. The number of amides is 2. The highest BCUT2D eigenvalue weighted by Gasteiger charge is 2.44. The number of anilines is 1. The molecule has 10 nitrogen and oxygen atoms in total.